The molecule has 0 amide bonds. The number of terminal acetylenes is 1. The Morgan fingerprint density at radius 1 is 1.80 bits per heavy atom. The summed E-state index contributed by atoms with van der Waals surface area (Å²) < 4.78 is 0. The van der Waals surface area contributed by atoms with Crippen LogP contribution >= 0.6 is 0 Å². The summed E-state index contributed by atoms with van der Waals surface area (Å²) in [5, 5.41) is 0. The van der Waals surface area contributed by atoms with Crippen LogP contribution in [0.25, 0.3) is 0 Å². The van der Waals surface area contributed by atoms with E-state index in [1.807, 2.05) is 0 Å². The molecule has 0 atom stereocenters. The fourth-order valence-corrected chi connectivity index (χ4v) is 0. The monoisotopic (exact) mass is 115 g/mol. The van der Waals surface area contributed by atoms with Gasteiger partial charge in [0.15, 0.2) is 0 Å². The predicted molar refractivity (Wildman–Crippen MR) is 19.0 cm³/mol. The minimum Gasteiger partial charge on any atom is -0.115 e. The molecule has 0 aromatic rings. The molecule has 0 aliphatic rings. The van der Waals surface area contributed by atoms with Gasteiger partial charge in [-0.25, -0.2) is 0 Å². The van der Waals surface area contributed by atoms with Crippen LogP contribution in [-0.2, 0) is 17.1 Å². The zero-order chi connectivity index (χ0) is 3.41. The first-order valence-corrected chi connectivity index (χ1v) is 0.986. The van der Waals surface area contributed by atoms with Gasteiger partial charge in [0, 0.05) is 17.1 Å². The van der Waals surface area contributed by atoms with Gasteiger partial charge in [-0.2, -0.15) is 0 Å². The number of rotatable bonds is 0. The third kappa shape index (κ3) is 18.8. The van der Waals surface area contributed by atoms with Crippen LogP contribution in [0, 0.1) is 12.3 Å². The standard InChI is InChI=1S/C4H4.Cu/c1-3-4-2;/h1,4H,2H2;. The van der Waals surface area contributed by atoms with Crippen molar-refractivity contribution in [2.24, 2.45) is 0 Å². The Hall–Kier alpha value is -0.181. The summed E-state index contributed by atoms with van der Waals surface area (Å²) in [6, 6.07) is 0. The van der Waals surface area contributed by atoms with Gasteiger partial charge < -0.3 is 0 Å². The molecule has 0 aliphatic carbocycles. The first-order valence-electron chi connectivity index (χ1n) is 0.986. The average molecular weight is 116 g/mol. The molecule has 0 heterocycles. The number of hydrogen-bond donors (Lipinski definition) is 0. The Labute approximate surface area is 42.7 Å². The second-order valence-electron chi connectivity index (χ2n) is 0.371. The molecule has 0 nitrogen and oxygen atoms in total. The first-order chi connectivity index (χ1) is 1.91. The number of hydrogen-bond acceptors (Lipinski definition) is 0. The molecule has 0 bridgehead atoms. The molecule has 1 radical (unpaired) electrons. The van der Waals surface area contributed by atoms with Gasteiger partial charge in [0.25, 0.3) is 0 Å². The van der Waals surface area contributed by atoms with Crippen LogP contribution in [0.1, 0.15) is 0 Å². The van der Waals surface area contributed by atoms with Crippen molar-refractivity contribution in [1.29, 1.82) is 0 Å². The van der Waals surface area contributed by atoms with Gasteiger partial charge in [-0.05, 0) is 6.08 Å². The summed E-state index contributed by atoms with van der Waals surface area (Å²) >= 11 is 0. The molecule has 0 aromatic carbocycles. The Balaban J connectivity index is 0. The van der Waals surface area contributed by atoms with E-state index in [1.165, 1.54) is 6.08 Å². The molecular formula is C4H4Cu. The Kier molecular flexibility index (Phi) is 16.2. The fourth-order valence-electron chi connectivity index (χ4n) is 0. The summed E-state index contributed by atoms with van der Waals surface area (Å²) in [5.41, 5.74) is 0. The van der Waals surface area contributed by atoms with Crippen LogP contribution in [0.5, 0.6) is 0 Å². The molecule has 0 saturated carbocycles. The van der Waals surface area contributed by atoms with Crippen molar-refractivity contribution in [2.75, 3.05) is 0 Å². The van der Waals surface area contributed by atoms with E-state index in [1.54, 1.807) is 0 Å². The van der Waals surface area contributed by atoms with Gasteiger partial charge in [-0.15, -0.1) is 6.42 Å². The third-order valence-corrected chi connectivity index (χ3v) is 0.118. The quantitative estimate of drug-likeness (QED) is 0.324. The van der Waals surface area contributed by atoms with E-state index in [9.17, 15) is 0 Å². The van der Waals surface area contributed by atoms with Gasteiger partial charge in [-0.1, -0.05) is 12.5 Å². The minimum atomic E-state index is 0. The molecule has 0 aromatic heterocycles. The maximum absolute atomic E-state index is 4.66. The van der Waals surface area contributed by atoms with Crippen LogP contribution < -0.4 is 0 Å². The van der Waals surface area contributed by atoms with E-state index in [0.717, 1.165) is 0 Å². The molecule has 0 spiro atoms. The van der Waals surface area contributed by atoms with E-state index < -0.39 is 0 Å². The second kappa shape index (κ2) is 9.17. The van der Waals surface area contributed by atoms with Crippen LogP contribution in [0.15, 0.2) is 12.7 Å². The number of allylic oxidation sites excluding steroid dienone is 1. The van der Waals surface area contributed by atoms with Crippen molar-refractivity contribution in [1.82, 2.24) is 0 Å². The van der Waals surface area contributed by atoms with Crippen LogP contribution in [0.2, 0.25) is 0 Å². The van der Waals surface area contributed by atoms with Crippen molar-refractivity contribution in [3.05, 3.63) is 12.7 Å². The summed E-state index contributed by atoms with van der Waals surface area (Å²) in [6.07, 6.45) is 6.06. The smallest absolute Gasteiger partial charge is 0 e. The first kappa shape index (κ1) is 8.84. The maximum atomic E-state index is 4.66. The molecule has 0 unspecified atom stereocenters. The third-order valence-electron chi connectivity index (χ3n) is 0.118. The van der Waals surface area contributed by atoms with Gasteiger partial charge in [0.2, 0.25) is 0 Å². The van der Waals surface area contributed by atoms with Gasteiger partial charge in [-0.3, -0.25) is 0 Å². The predicted octanol–water partition coefficient (Wildman–Crippen LogP) is 0.803. The molecule has 0 saturated heterocycles. The normalized spacial score (nSPS) is 3.00. The van der Waals surface area contributed by atoms with E-state index in [2.05, 4.69) is 18.9 Å². The Morgan fingerprint density at radius 2 is 2.00 bits per heavy atom. The van der Waals surface area contributed by atoms with Gasteiger partial charge >= 0.3 is 0 Å². The Morgan fingerprint density at radius 3 is 2.00 bits per heavy atom. The molecule has 0 N–H and O–H groups in total. The fraction of sp³-hybridized carbons (Fsp3) is 0. The largest absolute Gasteiger partial charge is 0.115 e. The second-order valence-corrected chi connectivity index (χ2v) is 0.371. The summed E-state index contributed by atoms with van der Waals surface area (Å²) in [6.45, 7) is 3.24. The van der Waals surface area contributed by atoms with Gasteiger partial charge in [0.05, 0.1) is 0 Å². The molecule has 5 heavy (non-hydrogen) atoms. The molecule has 31 valence electrons. The molecule has 0 rings (SSSR count). The average Bonchev–Trinajstić information content (AvgIpc) is 1.37. The molecule has 1 heteroatoms. The van der Waals surface area contributed by atoms with Gasteiger partial charge in [0.1, 0.15) is 0 Å². The van der Waals surface area contributed by atoms with Crippen LogP contribution in [0.4, 0.5) is 0 Å². The van der Waals surface area contributed by atoms with Crippen LogP contribution in [0.3, 0.4) is 0 Å². The van der Waals surface area contributed by atoms with Crippen molar-refractivity contribution in [3.8, 4) is 12.3 Å². The molecule has 0 fully saturated rings. The van der Waals surface area contributed by atoms with E-state index in [-0.39, 0.29) is 17.1 Å². The van der Waals surface area contributed by atoms with E-state index in [4.69, 9.17) is 0 Å². The van der Waals surface area contributed by atoms with Crippen molar-refractivity contribution < 1.29 is 17.1 Å². The SMILES string of the molecule is C#CC=C.[Cu]. The van der Waals surface area contributed by atoms with Crippen LogP contribution in [-0.4, -0.2) is 0 Å². The maximum Gasteiger partial charge on any atom is 0 e. The summed E-state index contributed by atoms with van der Waals surface area (Å²) in [7, 11) is 0. The van der Waals surface area contributed by atoms with Crippen molar-refractivity contribution >= 4 is 0 Å². The zero-order valence-electron chi connectivity index (χ0n) is 2.66. The van der Waals surface area contributed by atoms with E-state index in [0.29, 0.717) is 0 Å². The molecule has 0 aliphatic heterocycles. The Bertz CT molecular complexity index is 49.2. The topological polar surface area (TPSA) is 0 Å². The summed E-state index contributed by atoms with van der Waals surface area (Å²) in [5.74, 6) is 2.19. The van der Waals surface area contributed by atoms with Crippen molar-refractivity contribution in [3.63, 3.8) is 0 Å². The zero-order valence-corrected chi connectivity index (χ0v) is 3.60. The summed E-state index contributed by atoms with van der Waals surface area (Å²) in [4.78, 5) is 0. The molecular weight excluding hydrogens is 112 g/mol. The van der Waals surface area contributed by atoms with E-state index >= 15 is 0 Å². The minimum absolute atomic E-state index is 0. The van der Waals surface area contributed by atoms with Crippen molar-refractivity contribution in [2.45, 2.75) is 0 Å².